The van der Waals surface area contributed by atoms with E-state index in [-0.39, 0.29) is 27.3 Å². The van der Waals surface area contributed by atoms with Crippen molar-refractivity contribution in [3.63, 3.8) is 0 Å². The summed E-state index contributed by atoms with van der Waals surface area (Å²) >= 11 is 6.57. The van der Waals surface area contributed by atoms with Crippen LogP contribution in [0.3, 0.4) is 0 Å². The molecule has 1 heterocycles. The van der Waals surface area contributed by atoms with Gasteiger partial charge in [-0.15, -0.1) is 0 Å². The number of thioether (sulfide) groups is 1. The van der Waals surface area contributed by atoms with Crippen molar-refractivity contribution >= 4 is 46.2 Å². The summed E-state index contributed by atoms with van der Waals surface area (Å²) in [6, 6.07) is 7.79. The Morgan fingerprint density at radius 2 is 2.00 bits per heavy atom. The van der Waals surface area contributed by atoms with Crippen LogP contribution >= 0.6 is 23.4 Å². The van der Waals surface area contributed by atoms with Crippen LogP contribution in [-0.4, -0.2) is 23.3 Å². The maximum absolute atomic E-state index is 13.0. The number of benzene rings is 2. The van der Waals surface area contributed by atoms with Crippen molar-refractivity contribution in [1.29, 1.82) is 0 Å². The van der Waals surface area contributed by atoms with Crippen LogP contribution in [0, 0.1) is 0 Å². The predicted octanol–water partition coefficient (Wildman–Crippen LogP) is 4.96. The van der Waals surface area contributed by atoms with Gasteiger partial charge in [-0.25, -0.2) is 4.99 Å². The zero-order valence-corrected chi connectivity index (χ0v) is 15.7. The number of methoxy groups -OCH3 is 1. The number of carbonyl (C=O) groups is 1. The highest BCUT2D eigenvalue weighted by molar-refractivity contribution is 8.18. The number of phenolic OH excluding ortho intramolecular Hbond substituents is 1. The molecule has 2 aromatic carbocycles. The minimum absolute atomic E-state index is 0.00655. The lowest BCUT2D eigenvalue weighted by molar-refractivity contribution is -0.137. The molecule has 3 rings (SSSR count). The van der Waals surface area contributed by atoms with E-state index in [1.807, 2.05) is 0 Å². The average Bonchev–Trinajstić information content (AvgIpc) is 2.96. The highest BCUT2D eigenvalue weighted by atomic mass is 35.5. The molecule has 2 N–H and O–H groups in total. The summed E-state index contributed by atoms with van der Waals surface area (Å²) < 4.78 is 43.9. The normalized spacial score (nSPS) is 17.2. The number of nitrogens with zero attached hydrogens (tertiary/aromatic N) is 1. The molecule has 1 fully saturated rings. The molecule has 0 aliphatic carbocycles. The fraction of sp³-hybridized carbons (Fsp3) is 0.111. The zero-order chi connectivity index (χ0) is 20.5. The number of amidine groups is 1. The molecule has 1 amide bonds. The lowest BCUT2D eigenvalue weighted by Crippen LogP contribution is -2.19. The third-order valence-corrected chi connectivity index (χ3v) is 4.88. The first-order valence-electron chi connectivity index (χ1n) is 7.70. The van der Waals surface area contributed by atoms with Gasteiger partial charge in [0.1, 0.15) is 0 Å². The average molecular weight is 429 g/mol. The molecule has 1 aliphatic heterocycles. The molecule has 0 radical (unpaired) electrons. The van der Waals surface area contributed by atoms with Crippen LogP contribution < -0.4 is 10.1 Å². The van der Waals surface area contributed by atoms with Crippen LogP contribution in [0.1, 0.15) is 11.1 Å². The van der Waals surface area contributed by atoms with Gasteiger partial charge in [-0.05, 0) is 53.7 Å². The van der Waals surface area contributed by atoms with E-state index in [4.69, 9.17) is 16.3 Å². The van der Waals surface area contributed by atoms with Crippen LogP contribution in [0.2, 0.25) is 5.02 Å². The third kappa shape index (κ3) is 4.42. The van der Waals surface area contributed by atoms with E-state index in [1.54, 1.807) is 18.2 Å². The van der Waals surface area contributed by atoms with E-state index in [1.165, 1.54) is 19.2 Å². The molecule has 0 unspecified atom stereocenters. The van der Waals surface area contributed by atoms with Crippen LogP contribution in [0.15, 0.2) is 46.3 Å². The van der Waals surface area contributed by atoms with Gasteiger partial charge in [-0.3, -0.25) is 4.79 Å². The van der Waals surface area contributed by atoms with E-state index in [2.05, 4.69) is 10.3 Å². The summed E-state index contributed by atoms with van der Waals surface area (Å²) in [4.78, 5) is 16.5. The van der Waals surface area contributed by atoms with Crippen molar-refractivity contribution in [3.05, 3.63) is 57.5 Å². The maximum atomic E-state index is 13.0. The van der Waals surface area contributed by atoms with Crippen molar-refractivity contribution in [2.24, 2.45) is 4.99 Å². The van der Waals surface area contributed by atoms with Crippen molar-refractivity contribution < 1.29 is 27.8 Å². The number of phenols is 1. The molecule has 0 bridgehead atoms. The number of ether oxygens (including phenoxy) is 1. The number of alkyl halides is 3. The standard InChI is InChI=1S/C18H12ClF3N2O3S/c1-27-14-6-9(2-5-13(14)25)7-15-16(26)24-17(28-15)23-10-3-4-12(19)11(8-10)18(20,21)22/h2-8,25H,1H3,(H,23,24,26)/b15-7-. The Hall–Kier alpha value is -2.65. The summed E-state index contributed by atoms with van der Waals surface area (Å²) in [5, 5.41) is 11.8. The summed E-state index contributed by atoms with van der Waals surface area (Å²) in [6.07, 6.45) is -3.06. The number of nitrogens with one attached hydrogen (secondary N) is 1. The van der Waals surface area contributed by atoms with Crippen molar-refractivity contribution in [1.82, 2.24) is 5.32 Å². The quantitative estimate of drug-likeness (QED) is 0.677. The fourth-order valence-corrected chi connectivity index (χ4v) is 3.40. The number of rotatable bonds is 3. The molecular weight excluding hydrogens is 417 g/mol. The van der Waals surface area contributed by atoms with Gasteiger partial charge in [-0.2, -0.15) is 13.2 Å². The van der Waals surface area contributed by atoms with Crippen molar-refractivity contribution in [2.45, 2.75) is 6.18 Å². The smallest absolute Gasteiger partial charge is 0.417 e. The summed E-state index contributed by atoms with van der Waals surface area (Å²) in [6.45, 7) is 0. The number of aliphatic imine (C=N–C) groups is 1. The molecular formula is C18H12ClF3N2O3S. The second-order valence-corrected chi connectivity index (χ2v) is 7.01. The van der Waals surface area contributed by atoms with Gasteiger partial charge in [0.05, 0.1) is 28.3 Å². The number of aromatic hydroxyl groups is 1. The molecule has 146 valence electrons. The Morgan fingerprint density at radius 3 is 2.68 bits per heavy atom. The molecule has 10 heteroatoms. The van der Waals surface area contributed by atoms with E-state index in [0.717, 1.165) is 23.9 Å². The molecule has 1 saturated heterocycles. The third-order valence-electron chi connectivity index (χ3n) is 3.64. The van der Waals surface area contributed by atoms with Crippen LogP contribution in [-0.2, 0) is 11.0 Å². The Bertz CT molecular complexity index is 1010. The SMILES string of the molecule is COc1cc(/C=C2\SC(=Nc3ccc(Cl)c(C(F)(F)F)c3)NC2=O)ccc1O. The number of hydrogen-bond donors (Lipinski definition) is 2. The monoisotopic (exact) mass is 428 g/mol. The molecule has 1 aliphatic rings. The molecule has 2 aromatic rings. The van der Waals surface area contributed by atoms with E-state index < -0.39 is 22.7 Å². The lowest BCUT2D eigenvalue weighted by Gasteiger charge is -2.09. The largest absolute Gasteiger partial charge is 0.504 e. The molecule has 5 nitrogen and oxygen atoms in total. The first-order chi connectivity index (χ1) is 13.2. The lowest BCUT2D eigenvalue weighted by atomic mass is 10.2. The van der Waals surface area contributed by atoms with Gasteiger partial charge < -0.3 is 15.2 Å². The highest BCUT2D eigenvalue weighted by Gasteiger charge is 2.33. The van der Waals surface area contributed by atoms with E-state index >= 15 is 0 Å². The molecule has 28 heavy (non-hydrogen) atoms. The number of amides is 1. The Labute approximate surface area is 166 Å². The Balaban J connectivity index is 1.87. The summed E-state index contributed by atoms with van der Waals surface area (Å²) in [5.74, 6) is -0.244. The van der Waals surface area contributed by atoms with Gasteiger partial charge in [0.25, 0.3) is 5.91 Å². The van der Waals surface area contributed by atoms with Crippen LogP contribution in [0.4, 0.5) is 18.9 Å². The second kappa shape index (κ2) is 7.76. The number of carbonyl (C=O) groups excluding carboxylic acids is 1. The van der Waals surface area contributed by atoms with E-state index in [0.29, 0.717) is 5.56 Å². The highest BCUT2D eigenvalue weighted by Crippen LogP contribution is 2.37. The number of halogens is 4. The first-order valence-corrected chi connectivity index (χ1v) is 8.90. The molecule has 0 aromatic heterocycles. The van der Waals surface area contributed by atoms with Gasteiger partial charge in [-0.1, -0.05) is 17.7 Å². The van der Waals surface area contributed by atoms with Gasteiger partial charge in [0.15, 0.2) is 16.7 Å². The van der Waals surface area contributed by atoms with Gasteiger partial charge >= 0.3 is 6.18 Å². The maximum Gasteiger partial charge on any atom is 0.417 e. The van der Waals surface area contributed by atoms with Gasteiger partial charge in [0.2, 0.25) is 0 Å². The zero-order valence-electron chi connectivity index (χ0n) is 14.2. The molecule has 0 spiro atoms. The fourth-order valence-electron chi connectivity index (χ4n) is 2.33. The Kier molecular flexibility index (Phi) is 5.57. The topological polar surface area (TPSA) is 70.9 Å². The predicted molar refractivity (Wildman–Crippen MR) is 102 cm³/mol. The van der Waals surface area contributed by atoms with Crippen LogP contribution in [0.5, 0.6) is 11.5 Å². The molecule has 0 saturated carbocycles. The minimum atomic E-state index is -4.61. The molecule has 0 atom stereocenters. The first kappa shape index (κ1) is 20.1. The van der Waals surface area contributed by atoms with Crippen molar-refractivity contribution in [2.75, 3.05) is 7.11 Å². The summed E-state index contributed by atoms with van der Waals surface area (Å²) in [5.41, 5.74) is -0.399. The van der Waals surface area contributed by atoms with Crippen LogP contribution in [0.25, 0.3) is 6.08 Å². The minimum Gasteiger partial charge on any atom is -0.504 e. The summed E-state index contributed by atoms with van der Waals surface area (Å²) in [7, 11) is 1.40. The number of hydrogen-bond acceptors (Lipinski definition) is 5. The van der Waals surface area contributed by atoms with Gasteiger partial charge in [0, 0.05) is 0 Å². The van der Waals surface area contributed by atoms with E-state index in [9.17, 15) is 23.1 Å². The second-order valence-electron chi connectivity index (χ2n) is 5.57. The Morgan fingerprint density at radius 1 is 1.25 bits per heavy atom. The van der Waals surface area contributed by atoms with Crippen molar-refractivity contribution in [3.8, 4) is 11.5 Å².